The third kappa shape index (κ3) is 7.14. The minimum absolute atomic E-state index is 0.0670. The number of ether oxygens (including phenoxy) is 2. The number of rotatable bonds is 11. The van der Waals surface area contributed by atoms with Crippen molar-refractivity contribution >= 4 is 11.0 Å². The number of fused-ring (bicyclic) bond motifs is 1. The minimum atomic E-state index is -0.350. The molecule has 0 fully saturated rings. The summed E-state index contributed by atoms with van der Waals surface area (Å²) in [4.78, 5) is 12.8. The first-order chi connectivity index (χ1) is 17.3. The molecule has 0 aliphatic carbocycles. The van der Waals surface area contributed by atoms with Crippen LogP contribution >= 0.6 is 0 Å². The summed E-state index contributed by atoms with van der Waals surface area (Å²) in [6, 6.07) is 12.1. The molecule has 0 atom stereocenters. The largest absolute Gasteiger partial charge is 0.507 e. The molecule has 3 rings (SSSR count). The highest BCUT2D eigenvalue weighted by molar-refractivity contribution is 5.91. The second-order valence-corrected chi connectivity index (χ2v) is 9.24. The van der Waals surface area contributed by atoms with Crippen molar-refractivity contribution in [2.45, 2.75) is 53.4 Å². The fourth-order valence-electron chi connectivity index (χ4n) is 3.93. The van der Waals surface area contributed by atoms with Crippen molar-refractivity contribution in [3.63, 3.8) is 0 Å². The van der Waals surface area contributed by atoms with Crippen LogP contribution in [0.1, 0.15) is 53.4 Å². The Labute approximate surface area is 213 Å². The van der Waals surface area contributed by atoms with E-state index >= 15 is 0 Å². The number of benzene rings is 2. The smallest absolute Gasteiger partial charge is 0.205 e. The number of phenols is 1. The number of hydrogen-bond donors (Lipinski definition) is 1. The average Bonchev–Trinajstić information content (AvgIpc) is 2.84. The maximum atomic E-state index is 12.8. The van der Waals surface area contributed by atoms with Crippen LogP contribution in [0.2, 0.25) is 0 Å². The Bertz CT molecular complexity index is 1320. The van der Waals surface area contributed by atoms with E-state index in [4.69, 9.17) is 13.9 Å². The molecule has 1 aromatic heterocycles. The van der Waals surface area contributed by atoms with Crippen LogP contribution in [0.4, 0.5) is 0 Å². The van der Waals surface area contributed by atoms with Gasteiger partial charge in [-0.1, -0.05) is 59.2 Å². The summed E-state index contributed by atoms with van der Waals surface area (Å²) in [6.45, 7) is 8.82. The lowest BCUT2D eigenvalue weighted by Gasteiger charge is -2.13. The predicted octanol–water partition coefficient (Wildman–Crippen LogP) is 7.97. The van der Waals surface area contributed by atoms with E-state index in [1.54, 1.807) is 0 Å². The van der Waals surface area contributed by atoms with Gasteiger partial charge in [-0.05, 0) is 59.5 Å². The van der Waals surface area contributed by atoms with Gasteiger partial charge in [0, 0.05) is 17.7 Å². The van der Waals surface area contributed by atoms with Crippen molar-refractivity contribution in [3.05, 3.63) is 87.6 Å². The summed E-state index contributed by atoms with van der Waals surface area (Å²) >= 11 is 0. The molecule has 0 spiro atoms. The maximum absolute atomic E-state index is 12.8. The van der Waals surface area contributed by atoms with Crippen molar-refractivity contribution in [3.8, 4) is 28.6 Å². The zero-order chi connectivity index (χ0) is 26.1. The van der Waals surface area contributed by atoms with Crippen LogP contribution in [0, 0.1) is 0 Å². The predicted molar refractivity (Wildman–Crippen MR) is 147 cm³/mol. The summed E-state index contributed by atoms with van der Waals surface area (Å²) < 4.78 is 17.5. The lowest BCUT2D eigenvalue weighted by Crippen LogP contribution is -2.04. The number of methoxy groups -OCH3 is 1. The van der Waals surface area contributed by atoms with Crippen LogP contribution in [0.5, 0.6) is 17.2 Å². The van der Waals surface area contributed by atoms with E-state index in [1.165, 1.54) is 36.0 Å². The third-order valence-corrected chi connectivity index (χ3v) is 5.96. The maximum Gasteiger partial charge on any atom is 0.205 e. The van der Waals surface area contributed by atoms with Crippen molar-refractivity contribution in [1.82, 2.24) is 0 Å². The topological polar surface area (TPSA) is 68.9 Å². The molecule has 0 amide bonds. The monoisotopic (exact) mass is 488 g/mol. The molecule has 1 N–H and O–H groups in total. The van der Waals surface area contributed by atoms with E-state index in [1.807, 2.05) is 36.4 Å². The lowest BCUT2D eigenvalue weighted by atomic mass is 10.1. The van der Waals surface area contributed by atoms with Crippen molar-refractivity contribution in [2.24, 2.45) is 0 Å². The fraction of sp³-hybridized carbons (Fsp3) is 0.323. The lowest BCUT2D eigenvalue weighted by molar-refractivity contribution is 0.322. The highest BCUT2D eigenvalue weighted by Gasteiger charge is 2.20. The standard InChI is InChI=1S/C31H36O5/c1-21(2)11-9-12-22(3)13-10-14-23(4)17-18-35-28-20-26(33)29-25(32)19-27(24-15-7-6-8-16-24)36-31(29)30(28)34-5/h6-8,11,13,15-17,19-20,33H,9-10,12,14,18H2,1-5H3/b22-13+,23-17+. The fourth-order valence-corrected chi connectivity index (χ4v) is 3.93. The molecule has 0 unspecified atom stereocenters. The van der Waals surface area contributed by atoms with Gasteiger partial charge in [0.1, 0.15) is 23.5 Å². The van der Waals surface area contributed by atoms with Crippen molar-refractivity contribution < 1.29 is 19.0 Å². The average molecular weight is 489 g/mol. The minimum Gasteiger partial charge on any atom is -0.507 e. The molecule has 0 radical (unpaired) electrons. The first-order valence-corrected chi connectivity index (χ1v) is 12.3. The van der Waals surface area contributed by atoms with Gasteiger partial charge in [-0.25, -0.2) is 0 Å². The molecule has 0 aliphatic rings. The highest BCUT2D eigenvalue weighted by Crippen LogP contribution is 2.41. The number of allylic oxidation sites excluding steroid dienone is 5. The van der Waals surface area contributed by atoms with Gasteiger partial charge in [0.05, 0.1) is 7.11 Å². The molecule has 2 aromatic carbocycles. The molecule has 3 aromatic rings. The molecule has 1 heterocycles. The molecule has 36 heavy (non-hydrogen) atoms. The quantitative estimate of drug-likeness (QED) is 0.277. The van der Waals surface area contributed by atoms with Gasteiger partial charge in [0.25, 0.3) is 0 Å². The van der Waals surface area contributed by atoms with Crippen LogP contribution in [-0.2, 0) is 0 Å². The van der Waals surface area contributed by atoms with Crippen LogP contribution in [-0.4, -0.2) is 18.8 Å². The Morgan fingerprint density at radius 2 is 1.61 bits per heavy atom. The third-order valence-electron chi connectivity index (χ3n) is 5.96. The normalized spacial score (nSPS) is 12.0. The summed E-state index contributed by atoms with van der Waals surface area (Å²) in [6.07, 6.45) is 10.7. The van der Waals surface area contributed by atoms with E-state index < -0.39 is 0 Å². The number of phenolic OH excluding ortho intramolecular Hbond substituents is 1. The molecule has 0 saturated carbocycles. The van der Waals surface area contributed by atoms with Gasteiger partial charge in [-0.15, -0.1) is 0 Å². The Morgan fingerprint density at radius 1 is 0.944 bits per heavy atom. The second-order valence-electron chi connectivity index (χ2n) is 9.24. The zero-order valence-corrected chi connectivity index (χ0v) is 21.9. The van der Waals surface area contributed by atoms with E-state index in [0.717, 1.165) is 31.2 Å². The first kappa shape index (κ1) is 26.9. The van der Waals surface area contributed by atoms with Crippen LogP contribution in [0.3, 0.4) is 0 Å². The van der Waals surface area contributed by atoms with Crippen LogP contribution < -0.4 is 14.9 Å². The SMILES string of the molecule is COc1c(OC/C=C(\C)CC/C=C(\C)CCC=C(C)C)cc(O)c2c(=O)cc(-c3ccccc3)oc12. The summed E-state index contributed by atoms with van der Waals surface area (Å²) in [5, 5.41) is 10.6. The molecular formula is C31H36O5. The van der Waals surface area contributed by atoms with E-state index in [0.29, 0.717) is 18.1 Å². The van der Waals surface area contributed by atoms with Gasteiger partial charge in [-0.2, -0.15) is 0 Å². The Balaban J connectivity index is 1.73. The van der Waals surface area contributed by atoms with Gasteiger partial charge in [-0.3, -0.25) is 4.79 Å². The summed E-state index contributed by atoms with van der Waals surface area (Å²) in [7, 11) is 1.49. The zero-order valence-electron chi connectivity index (χ0n) is 21.9. The van der Waals surface area contributed by atoms with E-state index in [-0.39, 0.29) is 27.9 Å². The molecule has 5 heteroatoms. The van der Waals surface area contributed by atoms with Gasteiger partial charge in [0.15, 0.2) is 16.8 Å². The van der Waals surface area contributed by atoms with Crippen molar-refractivity contribution in [2.75, 3.05) is 13.7 Å². The molecule has 0 bridgehead atoms. The molecule has 0 aliphatic heterocycles. The van der Waals surface area contributed by atoms with Crippen LogP contribution in [0.25, 0.3) is 22.3 Å². The van der Waals surface area contributed by atoms with Gasteiger partial charge < -0.3 is 19.0 Å². The first-order valence-electron chi connectivity index (χ1n) is 12.3. The Kier molecular flexibility index (Phi) is 9.57. The van der Waals surface area contributed by atoms with E-state index in [9.17, 15) is 9.90 Å². The second kappa shape index (κ2) is 12.8. The summed E-state index contributed by atoms with van der Waals surface area (Å²) in [5.74, 6) is 0.778. The number of aromatic hydroxyl groups is 1. The van der Waals surface area contributed by atoms with Gasteiger partial charge in [0.2, 0.25) is 5.75 Å². The number of hydrogen-bond acceptors (Lipinski definition) is 5. The Morgan fingerprint density at radius 3 is 2.28 bits per heavy atom. The molecule has 190 valence electrons. The molecule has 5 nitrogen and oxygen atoms in total. The molecular weight excluding hydrogens is 452 g/mol. The highest BCUT2D eigenvalue weighted by atomic mass is 16.5. The van der Waals surface area contributed by atoms with Gasteiger partial charge >= 0.3 is 0 Å². The Hall–Kier alpha value is -3.73. The van der Waals surface area contributed by atoms with Crippen LogP contribution in [0.15, 0.2) is 86.6 Å². The van der Waals surface area contributed by atoms with Crippen molar-refractivity contribution in [1.29, 1.82) is 0 Å². The molecule has 0 saturated heterocycles. The van der Waals surface area contributed by atoms with E-state index in [2.05, 4.69) is 39.8 Å². The summed E-state index contributed by atoms with van der Waals surface area (Å²) in [5.41, 5.74) is 4.54.